The summed E-state index contributed by atoms with van der Waals surface area (Å²) < 4.78 is 41.6. The molecule has 116 valence electrons. The van der Waals surface area contributed by atoms with Gasteiger partial charge in [-0.15, -0.1) is 0 Å². The molecule has 2 heterocycles. The van der Waals surface area contributed by atoms with Crippen molar-refractivity contribution in [2.75, 3.05) is 6.54 Å². The minimum absolute atomic E-state index is 0.0522. The van der Waals surface area contributed by atoms with Crippen LogP contribution in [0.3, 0.4) is 0 Å². The van der Waals surface area contributed by atoms with Gasteiger partial charge in [-0.25, -0.2) is 9.78 Å². The van der Waals surface area contributed by atoms with Gasteiger partial charge in [-0.2, -0.15) is 13.2 Å². The zero-order valence-corrected chi connectivity index (χ0v) is 11.4. The molecular weight excluding hydrogens is 291 g/mol. The van der Waals surface area contributed by atoms with Crippen molar-refractivity contribution in [3.8, 4) is 0 Å². The molecule has 2 aromatic heterocycles. The van der Waals surface area contributed by atoms with Crippen molar-refractivity contribution in [3.63, 3.8) is 0 Å². The Kier molecular flexibility index (Phi) is 3.66. The second-order valence-corrected chi connectivity index (χ2v) is 4.44. The third kappa shape index (κ3) is 2.24. The molecule has 0 amide bonds. The van der Waals surface area contributed by atoms with Gasteiger partial charge in [0.1, 0.15) is 0 Å². The number of hydrogen-bond acceptors (Lipinski definition) is 4. The molecular formula is C11H14F3N5O2. The van der Waals surface area contributed by atoms with E-state index < -0.39 is 23.2 Å². The fourth-order valence-electron chi connectivity index (χ4n) is 2.21. The Bertz CT molecular complexity index is 799. The average Bonchev–Trinajstić information content (AvgIpc) is 2.77. The van der Waals surface area contributed by atoms with Gasteiger partial charge in [0.05, 0.1) is 0 Å². The summed E-state index contributed by atoms with van der Waals surface area (Å²) in [5.41, 5.74) is 3.25. The summed E-state index contributed by atoms with van der Waals surface area (Å²) in [6, 6.07) is 0. The Labute approximate surface area is 116 Å². The second kappa shape index (κ2) is 5.02. The van der Waals surface area contributed by atoms with Gasteiger partial charge in [-0.1, -0.05) is 0 Å². The van der Waals surface area contributed by atoms with E-state index in [1.807, 2.05) is 0 Å². The Balaban J connectivity index is 3.03. The minimum Gasteiger partial charge on any atom is -0.329 e. The Hall–Kier alpha value is -2.10. The van der Waals surface area contributed by atoms with Crippen molar-refractivity contribution >= 4 is 11.2 Å². The van der Waals surface area contributed by atoms with E-state index in [9.17, 15) is 22.8 Å². The molecule has 0 aliphatic carbocycles. The zero-order valence-electron chi connectivity index (χ0n) is 11.4. The topological polar surface area (TPSA) is 87.8 Å². The molecule has 0 radical (unpaired) electrons. The highest BCUT2D eigenvalue weighted by atomic mass is 19.4. The van der Waals surface area contributed by atoms with Crippen LogP contribution in [0.4, 0.5) is 13.2 Å². The van der Waals surface area contributed by atoms with E-state index in [2.05, 4.69) is 4.98 Å². The van der Waals surface area contributed by atoms with E-state index in [0.29, 0.717) is 0 Å². The number of halogens is 3. The summed E-state index contributed by atoms with van der Waals surface area (Å²) in [7, 11) is 1.27. The van der Waals surface area contributed by atoms with Gasteiger partial charge in [0.15, 0.2) is 11.2 Å². The lowest BCUT2D eigenvalue weighted by molar-refractivity contribution is -0.146. The quantitative estimate of drug-likeness (QED) is 0.857. The third-order valence-corrected chi connectivity index (χ3v) is 3.15. The molecule has 21 heavy (non-hydrogen) atoms. The Morgan fingerprint density at radius 1 is 1.24 bits per heavy atom. The van der Waals surface area contributed by atoms with Gasteiger partial charge in [0, 0.05) is 26.7 Å². The number of imidazole rings is 1. The lowest BCUT2D eigenvalue weighted by atomic mass is 10.4. The van der Waals surface area contributed by atoms with E-state index in [-0.39, 0.29) is 30.8 Å². The largest absolute Gasteiger partial charge is 0.449 e. The number of aromatic nitrogens is 4. The summed E-state index contributed by atoms with van der Waals surface area (Å²) in [5, 5.41) is 0. The van der Waals surface area contributed by atoms with Crippen molar-refractivity contribution in [1.29, 1.82) is 0 Å². The number of rotatable bonds is 3. The zero-order chi connectivity index (χ0) is 15.9. The van der Waals surface area contributed by atoms with Crippen LogP contribution in [0, 0.1) is 0 Å². The van der Waals surface area contributed by atoms with Crippen LogP contribution >= 0.6 is 0 Å². The van der Waals surface area contributed by atoms with Crippen LogP contribution in [0.25, 0.3) is 11.2 Å². The van der Waals surface area contributed by atoms with Gasteiger partial charge in [-0.3, -0.25) is 13.9 Å². The maximum Gasteiger partial charge on any atom is 0.449 e. The van der Waals surface area contributed by atoms with Crippen LogP contribution in [0.5, 0.6) is 0 Å². The molecule has 0 aliphatic rings. The smallest absolute Gasteiger partial charge is 0.329 e. The van der Waals surface area contributed by atoms with Crippen molar-refractivity contribution in [2.45, 2.75) is 26.2 Å². The molecule has 7 nitrogen and oxygen atoms in total. The SMILES string of the molecule is CCn1c(=O)c2c(nc(C(F)(F)F)n2CCN)n(C)c1=O. The molecule has 0 aliphatic heterocycles. The molecule has 2 N–H and O–H groups in total. The fourth-order valence-corrected chi connectivity index (χ4v) is 2.21. The van der Waals surface area contributed by atoms with Crippen LogP contribution in [0.15, 0.2) is 9.59 Å². The van der Waals surface area contributed by atoms with E-state index >= 15 is 0 Å². The summed E-state index contributed by atoms with van der Waals surface area (Å²) >= 11 is 0. The van der Waals surface area contributed by atoms with Gasteiger partial charge in [0.25, 0.3) is 5.56 Å². The summed E-state index contributed by atoms with van der Waals surface area (Å²) in [6.45, 7) is 1.30. The normalized spacial score (nSPS) is 12.3. The number of nitrogens with two attached hydrogens (primary N) is 1. The molecule has 0 fully saturated rings. The van der Waals surface area contributed by atoms with Gasteiger partial charge in [0.2, 0.25) is 5.82 Å². The summed E-state index contributed by atoms with van der Waals surface area (Å²) in [5.74, 6) is -1.23. The highest BCUT2D eigenvalue weighted by Gasteiger charge is 2.38. The average molecular weight is 305 g/mol. The highest BCUT2D eigenvalue weighted by Crippen LogP contribution is 2.30. The predicted molar refractivity (Wildman–Crippen MR) is 69.0 cm³/mol. The number of nitrogens with zero attached hydrogens (tertiary/aromatic N) is 4. The molecule has 0 aromatic carbocycles. The molecule has 0 spiro atoms. The first-order chi connectivity index (χ1) is 9.73. The predicted octanol–water partition coefficient (Wildman–Crippen LogP) is -0.106. The molecule has 0 saturated carbocycles. The van der Waals surface area contributed by atoms with E-state index in [1.54, 1.807) is 6.92 Å². The minimum atomic E-state index is -4.74. The fraction of sp³-hybridized carbons (Fsp3) is 0.545. The standard InChI is InChI=1S/C11H14F3N5O2/c1-3-18-8(20)6-7(17(2)10(18)21)16-9(11(12,13)14)19(6)5-4-15/h3-5,15H2,1-2H3. The first-order valence-electron chi connectivity index (χ1n) is 6.21. The van der Waals surface area contributed by atoms with E-state index in [0.717, 1.165) is 13.7 Å². The third-order valence-electron chi connectivity index (χ3n) is 3.15. The molecule has 0 saturated heterocycles. The first kappa shape index (κ1) is 15.3. The van der Waals surface area contributed by atoms with E-state index in [4.69, 9.17) is 5.73 Å². The molecule has 2 aromatic rings. The van der Waals surface area contributed by atoms with Crippen LogP contribution in [-0.2, 0) is 26.3 Å². The molecule has 0 atom stereocenters. The monoisotopic (exact) mass is 305 g/mol. The molecule has 10 heteroatoms. The lowest BCUT2D eigenvalue weighted by Gasteiger charge is -2.10. The van der Waals surface area contributed by atoms with Gasteiger partial charge < -0.3 is 10.3 Å². The van der Waals surface area contributed by atoms with Gasteiger partial charge >= 0.3 is 11.9 Å². The summed E-state index contributed by atoms with van der Waals surface area (Å²) in [4.78, 5) is 27.6. The maximum absolute atomic E-state index is 13.0. The number of hydrogen-bond donors (Lipinski definition) is 1. The number of fused-ring (bicyclic) bond motifs is 1. The van der Waals surface area contributed by atoms with Crippen molar-refractivity contribution in [3.05, 3.63) is 26.7 Å². The number of alkyl halides is 3. The summed E-state index contributed by atoms with van der Waals surface area (Å²) in [6.07, 6.45) is -4.74. The van der Waals surface area contributed by atoms with E-state index in [1.165, 1.54) is 7.05 Å². The second-order valence-electron chi connectivity index (χ2n) is 4.44. The van der Waals surface area contributed by atoms with Crippen molar-refractivity contribution in [2.24, 2.45) is 12.8 Å². The van der Waals surface area contributed by atoms with Crippen LogP contribution in [0.1, 0.15) is 12.7 Å². The lowest BCUT2D eigenvalue weighted by Crippen LogP contribution is -2.39. The number of aryl methyl sites for hydroxylation is 1. The van der Waals surface area contributed by atoms with Crippen LogP contribution < -0.4 is 17.0 Å². The van der Waals surface area contributed by atoms with Crippen molar-refractivity contribution < 1.29 is 13.2 Å². The Morgan fingerprint density at radius 3 is 2.33 bits per heavy atom. The van der Waals surface area contributed by atoms with Gasteiger partial charge in [-0.05, 0) is 6.92 Å². The Morgan fingerprint density at radius 2 is 1.86 bits per heavy atom. The molecule has 0 bridgehead atoms. The van der Waals surface area contributed by atoms with Crippen molar-refractivity contribution in [1.82, 2.24) is 18.7 Å². The van der Waals surface area contributed by atoms with Crippen LogP contribution in [0.2, 0.25) is 0 Å². The van der Waals surface area contributed by atoms with Crippen LogP contribution in [-0.4, -0.2) is 25.2 Å². The first-order valence-corrected chi connectivity index (χ1v) is 6.21. The molecule has 0 unspecified atom stereocenters. The molecule has 2 rings (SSSR count). The maximum atomic E-state index is 13.0. The highest BCUT2D eigenvalue weighted by molar-refractivity contribution is 5.71.